The highest BCUT2D eigenvalue weighted by molar-refractivity contribution is 5.99. The van der Waals surface area contributed by atoms with Crippen molar-refractivity contribution in [2.75, 3.05) is 18.9 Å². The maximum absolute atomic E-state index is 11.3. The molecule has 0 atom stereocenters. The molecule has 2 N–H and O–H groups in total. The summed E-state index contributed by atoms with van der Waals surface area (Å²) in [6, 6.07) is 6.47. The van der Waals surface area contributed by atoms with Crippen LogP contribution in [0.25, 0.3) is 0 Å². The average Bonchev–Trinajstić information content (AvgIpc) is 2.62. The number of fused-ring (bicyclic) bond motifs is 1. The predicted molar refractivity (Wildman–Crippen MR) is 68.2 cm³/mol. The zero-order valence-electron chi connectivity index (χ0n) is 10.2. The van der Waals surface area contributed by atoms with Gasteiger partial charge in [-0.3, -0.25) is 4.79 Å². The quantitative estimate of drug-likeness (QED) is 0.831. The van der Waals surface area contributed by atoms with E-state index in [1.165, 1.54) is 24.8 Å². The fraction of sp³-hybridized carbons (Fsp3) is 0.500. The summed E-state index contributed by atoms with van der Waals surface area (Å²) in [5.74, 6) is 0.119. The molecule has 0 saturated heterocycles. The van der Waals surface area contributed by atoms with Gasteiger partial charge in [-0.15, -0.1) is 0 Å². The van der Waals surface area contributed by atoms with Gasteiger partial charge < -0.3 is 10.6 Å². The van der Waals surface area contributed by atoms with E-state index >= 15 is 0 Å². The molecule has 0 spiro atoms. The van der Waals surface area contributed by atoms with Crippen LogP contribution in [-0.4, -0.2) is 19.5 Å². The molecule has 1 aliphatic heterocycles. The lowest BCUT2D eigenvalue weighted by Crippen LogP contribution is -2.42. The molecule has 0 unspecified atom stereocenters. The molecular formula is C14H18N2O. The number of rotatable bonds is 3. The minimum atomic E-state index is 0.119. The highest BCUT2D eigenvalue weighted by Crippen LogP contribution is 2.44. The first-order valence-electron chi connectivity index (χ1n) is 6.31. The van der Waals surface area contributed by atoms with E-state index in [-0.39, 0.29) is 5.91 Å². The van der Waals surface area contributed by atoms with E-state index in [0.29, 0.717) is 11.8 Å². The first kappa shape index (κ1) is 10.8. The van der Waals surface area contributed by atoms with Crippen LogP contribution in [0, 0.1) is 0 Å². The van der Waals surface area contributed by atoms with E-state index in [4.69, 9.17) is 0 Å². The summed E-state index contributed by atoms with van der Waals surface area (Å²) >= 11 is 0. The van der Waals surface area contributed by atoms with Gasteiger partial charge in [-0.1, -0.05) is 18.6 Å². The number of hydrogen-bond donors (Lipinski definition) is 2. The molecule has 3 nitrogen and oxygen atoms in total. The molecule has 1 aromatic rings. The van der Waals surface area contributed by atoms with Gasteiger partial charge >= 0.3 is 0 Å². The lowest BCUT2D eigenvalue weighted by atomic mass is 9.64. The Bertz CT molecular complexity index is 463. The lowest BCUT2D eigenvalue weighted by Gasteiger charge is -2.42. The summed E-state index contributed by atoms with van der Waals surface area (Å²) in [5.41, 5.74) is 3.87. The Morgan fingerprint density at radius 2 is 2.24 bits per heavy atom. The van der Waals surface area contributed by atoms with Crippen LogP contribution in [-0.2, 0) is 16.6 Å². The summed E-state index contributed by atoms with van der Waals surface area (Å²) in [5, 5.41) is 6.19. The van der Waals surface area contributed by atoms with Crippen LogP contribution < -0.4 is 10.6 Å². The van der Waals surface area contributed by atoms with Crippen molar-refractivity contribution in [2.24, 2.45) is 0 Å². The molecule has 0 bridgehead atoms. The van der Waals surface area contributed by atoms with Crippen LogP contribution >= 0.6 is 0 Å². The van der Waals surface area contributed by atoms with Crippen LogP contribution in [0.1, 0.15) is 30.4 Å². The van der Waals surface area contributed by atoms with Gasteiger partial charge in [0.05, 0.1) is 6.42 Å². The summed E-state index contributed by atoms with van der Waals surface area (Å²) in [7, 11) is 2.01. The summed E-state index contributed by atoms with van der Waals surface area (Å²) in [6.07, 6.45) is 4.37. The van der Waals surface area contributed by atoms with Gasteiger partial charge in [0.2, 0.25) is 5.91 Å². The molecule has 3 rings (SSSR count). The van der Waals surface area contributed by atoms with Gasteiger partial charge in [0.25, 0.3) is 0 Å². The van der Waals surface area contributed by atoms with Crippen LogP contribution in [0.2, 0.25) is 0 Å². The maximum atomic E-state index is 11.3. The highest BCUT2D eigenvalue weighted by atomic mass is 16.1. The Morgan fingerprint density at radius 1 is 1.41 bits per heavy atom. The molecule has 2 aliphatic rings. The number of nitrogens with one attached hydrogen (secondary N) is 2. The third-order valence-corrected chi connectivity index (χ3v) is 4.17. The smallest absolute Gasteiger partial charge is 0.228 e. The summed E-state index contributed by atoms with van der Waals surface area (Å²) < 4.78 is 0. The SMILES string of the molecule is CNCC1(c2ccc3c(c2)CC(=O)N3)CCC1. The topological polar surface area (TPSA) is 41.1 Å². The van der Waals surface area contributed by atoms with E-state index in [0.717, 1.165) is 17.8 Å². The number of amides is 1. The molecule has 1 saturated carbocycles. The fourth-order valence-corrected chi connectivity index (χ4v) is 3.07. The van der Waals surface area contributed by atoms with E-state index in [2.05, 4.69) is 28.8 Å². The van der Waals surface area contributed by atoms with Crippen molar-refractivity contribution >= 4 is 11.6 Å². The van der Waals surface area contributed by atoms with Crippen LogP contribution in [0.15, 0.2) is 18.2 Å². The minimum absolute atomic E-state index is 0.119. The zero-order valence-corrected chi connectivity index (χ0v) is 10.2. The maximum Gasteiger partial charge on any atom is 0.228 e. The zero-order chi connectivity index (χ0) is 11.9. The number of benzene rings is 1. The van der Waals surface area contributed by atoms with Gasteiger partial charge in [0.15, 0.2) is 0 Å². The largest absolute Gasteiger partial charge is 0.326 e. The molecule has 1 fully saturated rings. The van der Waals surface area contributed by atoms with Crippen molar-refractivity contribution in [3.05, 3.63) is 29.3 Å². The standard InChI is InChI=1S/C14H18N2O/c1-15-9-14(5-2-6-14)11-3-4-12-10(7-11)8-13(17)16-12/h3-4,7,15H,2,5-6,8-9H2,1H3,(H,16,17). The molecule has 1 aliphatic carbocycles. The van der Waals surface area contributed by atoms with E-state index in [1.807, 2.05) is 7.05 Å². The molecule has 0 radical (unpaired) electrons. The number of carbonyl (C=O) groups is 1. The number of anilines is 1. The third-order valence-electron chi connectivity index (χ3n) is 4.17. The normalized spacial score (nSPS) is 20.6. The molecule has 17 heavy (non-hydrogen) atoms. The monoisotopic (exact) mass is 230 g/mol. The van der Waals surface area contributed by atoms with Gasteiger partial charge in [0, 0.05) is 17.6 Å². The van der Waals surface area contributed by atoms with E-state index < -0.39 is 0 Å². The first-order valence-corrected chi connectivity index (χ1v) is 6.31. The predicted octanol–water partition coefficient (Wildman–Crippen LogP) is 1.82. The van der Waals surface area contributed by atoms with Crippen molar-refractivity contribution in [3.63, 3.8) is 0 Å². The van der Waals surface area contributed by atoms with Crippen molar-refractivity contribution in [1.82, 2.24) is 5.32 Å². The van der Waals surface area contributed by atoms with Gasteiger partial charge in [-0.2, -0.15) is 0 Å². The number of likely N-dealkylation sites (N-methyl/N-ethyl adjacent to an activating group) is 1. The Labute approximate surface area is 102 Å². The molecule has 1 heterocycles. The second-order valence-corrected chi connectivity index (χ2v) is 5.26. The second-order valence-electron chi connectivity index (χ2n) is 5.26. The summed E-state index contributed by atoms with van der Waals surface area (Å²) in [6.45, 7) is 1.03. The third kappa shape index (κ3) is 1.65. The van der Waals surface area contributed by atoms with Crippen LogP contribution in [0.5, 0.6) is 0 Å². The van der Waals surface area contributed by atoms with Crippen LogP contribution in [0.4, 0.5) is 5.69 Å². The van der Waals surface area contributed by atoms with Gasteiger partial charge in [0.1, 0.15) is 0 Å². The molecule has 1 aromatic carbocycles. The van der Waals surface area contributed by atoms with E-state index in [9.17, 15) is 4.79 Å². The molecule has 0 aromatic heterocycles. The van der Waals surface area contributed by atoms with Crippen molar-refractivity contribution in [1.29, 1.82) is 0 Å². The Balaban J connectivity index is 1.94. The second kappa shape index (κ2) is 3.84. The molecule has 90 valence electrons. The van der Waals surface area contributed by atoms with Gasteiger partial charge in [-0.05, 0) is 37.1 Å². The Hall–Kier alpha value is -1.35. The van der Waals surface area contributed by atoms with Crippen molar-refractivity contribution in [3.8, 4) is 0 Å². The van der Waals surface area contributed by atoms with Crippen molar-refractivity contribution < 1.29 is 4.79 Å². The average molecular weight is 230 g/mol. The summed E-state index contributed by atoms with van der Waals surface area (Å²) in [4.78, 5) is 11.3. The first-order chi connectivity index (χ1) is 8.23. The Morgan fingerprint density at radius 3 is 2.88 bits per heavy atom. The molecule has 1 amide bonds. The minimum Gasteiger partial charge on any atom is -0.326 e. The fourth-order valence-electron chi connectivity index (χ4n) is 3.07. The Kier molecular flexibility index (Phi) is 2.44. The molecular weight excluding hydrogens is 212 g/mol. The van der Waals surface area contributed by atoms with E-state index in [1.54, 1.807) is 0 Å². The van der Waals surface area contributed by atoms with Gasteiger partial charge in [-0.25, -0.2) is 0 Å². The highest BCUT2D eigenvalue weighted by Gasteiger charge is 2.38. The van der Waals surface area contributed by atoms with Crippen LogP contribution in [0.3, 0.4) is 0 Å². The lowest BCUT2D eigenvalue weighted by molar-refractivity contribution is -0.115. The van der Waals surface area contributed by atoms with Crippen molar-refractivity contribution in [2.45, 2.75) is 31.1 Å². The number of carbonyl (C=O) groups excluding carboxylic acids is 1. The molecule has 3 heteroatoms. The number of hydrogen-bond acceptors (Lipinski definition) is 2.